The summed E-state index contributed by atoms with van der Waals surface area (Å²) in [5.41, 5.74) is 3.95. The minimum atomic E-state index is -0.760. The van der Waals surface area contributed by atoms with E-state index in [2.05, 4.69) is 22.8 Å². The highest BCUT2D eigenvalue weighted by atomic mass is 16.5. The molecule has 0 saturated heterocycles. The lowest BCUT2D eigenvalue weighted by Gasteiger charge is -2.06. The average Bonchev–Trinajstić information content (AvgIpc) is 2.55. The van der Waals surface area contributed by atoms with E-state index < -0.39 is 11.8 Å². The number of nitrogens with zero attached hydrogens (tertiary/aromatic N) is 1. The fourth-order valence-electron chi connectivity index (χ4n) is 1.69. The first kappa shape index (κ1) is 17.7. The van der Waals surface area contributed by atoms with Crippen molar-refractivity contribution in [1.29, 1.82) is 0 Å². The maximum absolute atomic E-state index is 11.6. The van der Waals surface area contributed by atoms with Gasteiger partial charge in [0, 0.05) is 12.3 Å². The summed E-state index contributed by atoms with van der Waals surface area (Å²) >= 11 is 0. The van der Waals surface area contributed by atoms with Gasteiger partial charge in [-0.1, -0.05) is 25.5 Å². The van der Waals surface area contributed by atoms with Gasteiger partial charge in [0.05, 0.1) is 7.11 Å². The van der Waals surface area contributed by atoms with Crippen LogP contribution >= 0.6 is 0 Å². The van der Waals surface area contributed by atoms with Crippen molar-refractivity contribution in [2.24, 2.45) is 5.10 Å². The first-order chi connectivity index (χ1) is 10.6. The monoisotopic (exact) mass is 305 g/mol. The molecule has 0 aliphatic carbocycles. The molecule has 0 bridgehead atoms. The Morgan fingerprint density at radius 2 is 1.86 bits per heavy atom. The maximum Gasteiger partial charge on any atom is 0.329 e. The third-order valence-electron chi connectivity index (χ3n) is 3.06. The topological polar surface area (TPSA) is 79.8 Å². The number of carbonyl (C=O) groups is 2. The molecule has 0 aliphatic heterocycles. The second kappa shape index (κ2) is 9.55. The Balaban J connectivity index is 2.39. The maximum atomic E-state index is 11.6. The molecule has 0 unspecified atom stereocenters. The van der Waals surface area contributed by atoms with Crippen molar-refractivity contribution < 1.29 is 14.3 Å². The molecule has 0 aromatic heterocycles. The summed E-state index contributed by atoms with van der Waals surface area (Å²) in [7, 11) is 1.59. The molecule has 1 rings (SSSR count). The summed E-state index contributed by atoms with van der Waals surface area (Å²) in [6.45, 7) is 4.18. The molecule has 0 radical (unpaired) electrons. The molecule has 0 atom stereocenters. The lowest BCUT2D eigenvalue weighted by Crippen LogP contribution is -2.37. The molecule has 2 amide bonds. The number of rotatable bonds is 7. The largest absolute Gasteiger partial charge is 0.497 e. The highest BCUT2D eigenvalue weighted by Crippen LogP contribution is 2.10. The molecule has 0 spiro atoms. The molecule has 120 valence electrons. The van der Waals surface area contributed by atoms with E-state index in [-0.39, 0.29) is 6.54 Å². The van der Waals surface area contributed by atoms with Crippen molar-refractivity contribution in [2.75, 3.05) is 7.11 Å². The van der Waals surface area contributed by atoms with Gasteiger partial charge >= 0.3 is 11.8 Å². The van der Waals surface area contributed by atoms with Crippen molar-refractivity contribution in [3.05, 3.63) is 29.8 Å². The van der Waals surface area contributed by atoms with Crippen LogP contribution in [0.5, 0.6) is 5.75 Å². The Morgan fingerprint density at radius 3 is 2.45 bits per heavy atom. The Hall–Kier alpha value is -2.37. The highest BCUT2D eigenvalue weighted by molar-refractivity contribution is 6.35. The minimum absolute atomic E-state index is 0.273. The van der Waals surface area contributed by atoms with Gasteiger partial charge in [-0.25, -0.2) is 5.43 Å². The smallest absolute Gasteiger partial charge is 0.329 e. The van der Waals surface area contributed by atoms with Crippen molar-refractivity contribution in [3.63, 3.8) is 0 Å². The molecule has 1 aromatic rings. The number of hydrogen-bond donors (Lipinski definition) is 2. The second-order valence-electron chi connectivity index (χ2n) is 4.92. The van der Waals surface area contributed by atoms with Crippen LogP contribution in [0.3, 0.4) is 0 Å². The fraction of sp³-hybridized carbons (Fsp3) is 0.438. The lowest BCUT2D eigenvalue weighted by atomic mass is 10.2. The van der Waals surface area contributed by atoms with E-state index in [1.165, 1.54) is 0 Å². The first-order valence-electron chi connectivity index (χ1n) is 7.31. The molecular formula is C16H23N3O3. The number of unbranched alkanes of at least 4 members (excludes halogenated alkanes) is 1. The van der Waals surface area contributed by atoms with Gasteiger partial charge in [0.2, 0.25) is 0 Å². The molecule has 22 heavy (non-hydrogen) atoms. The summed E-state index contributed by atoms with van der Waals surface area (Å²) < 4.78 is 5.05. The Bertz CT molecular complexity index is 524. The van der Waals surface area contributed by atoms with Crippen molar-refractivity contribution in [2.45, 2.75) is 39.7 Å². The predicted molar refractivity (Wildman–Crippen MR) is 85.6 cm³/mol. The quantitative estimate of drug-likeness (QED) is 0.459. The normalized spacial score (nSPS) is 11.0. The fourth-order valence-corrected chi connectivity index (χ4v) is 1.69. The number of hydrazone groups is 1. The van der Waals surface area contributed by atoms with E-state index in [0.717, 1.165) is 36.3 Å². The van der Waals surface area contributed by atoms with Crippen LogP contribution in [-0.2, 0) is 16.1 Å². The standard InChI is InChI=1S/C16H23N3O3/c1-4-5-6-12(2)18-19-16(21)15(20)17-11-13-7-9-14(22-3)10-8-13/h7-10H,4-6,11H2,1-3H3,(H,17,20)(H,19,21)/b18-12-. The molecule has 2 N–H and O–H groups in total. The van der Waals surface area contributed by atoms with Crippen LogP contribution in [0.1, 0.15) is 38.7 Å². The first-order valence-corrected chi connectivity index (χ1v) is 7.31. The number of carbonyl (C=O) groups excluding carboxylic acids is 2. The summed E-state index contributed by atoms with van der Waals surface area (Å²) in [5, 5.41) is 6.44. The molecule has 0 saturated carbocycles. The molecule has 6 nitrogen and oxygen atoms in total. The number of hydrogen-bond acceptors (Lipinski definition) is 4. The van der Waals surface area contributed by atoms with E-state index in [0.29, 0.717) is 0 Å². The van der Waals surface area contributed by atoms with Gasteiger partial charge in [-0.15, -0.1) is 0 Å². The zero-order valence-electron chi connectivity index (χ0n) is 13.3. The minimum Gasteiger partial charge on any atom is -0.497 e. The van der Waals surface area contributed by atoms with Gasteiger partial charge in [-0.05, 0) is 37.5 Å². The van der Waals surface area contributed by atoms with E-state index in [4.69, 9.17) is 4.74 Å². The van der Waals surface area contributed by atoms with Crippen LogP contribution in [0.15, 0.2) is 29.4 Å². The zero-order valence-corrected chi connectivity index (χ0v) is 13.3. The van der Waals surface area contributed by atoms with Crippen LogP contribution in [0.4, 0.5) is 0 Å². The molecule has 6 heteroatoms. The van der Waals surface area contributed by atoms with Gasteiger partial charge in [0.1, 0.15) is 5.75 Å². The zero-order chi connectivity index (χ0) is 16.4. The Kier molecular flexibility index (Phi) is 7.67. The third-order valence-corrected chi connectivity index (χ3v) is 3.06. The molecule has 0 aliphatic rings. The highest BCUT2D eigenvalue weighted by Gasteiger charge is 2.12. The summed E-state index contributed by atoms with van der Waals surface area (Å²) in [5.74, 6) is -0.725. The number of amides is 2. The van der Waals surface area contributed by atoms with Crippen LogP contribution < -0.4 is 15.5 Å². The van der Waals surface area contributed by atoms with E-state index in [1.807, 2.05) is 19.1 Å². The van der Waals surface area contributed by atoms with Gasteiger partial charge < -0.3 is 10.1 Å². The van der Waals surface area contributed by atoms with Crippen LogP contribution in [0.2, 0.25) is 0 Å². The summed E-state index contributed by atoms with van der Waals surface area (Å²) in [6.07, 6.45) is 2.88. The second-order valence-corrected chi connectivity index (χ2v) is 4.92. The Morgan fingerprint density at radius 1 is 1.18 bits per heavy atom. The number of benzene rings is 1. The van der Waals surface area contributed by atoms with Gasteiger partial charge in [-0.3, -0.25) is 9.59 Å². The van der Waals surface area contributed by atoms with E-state index in [9.17, 15) is 9.59 Å². The summed E-state index contributed by atoms with van der Waals surface area (Å²) in [4.78, 5) is 23.2. The predicted octanol–water partition coefficient (Wildman–Crippen LogP) is 1.99. The molecule has 0 heterocycles. The van der Waals surface area contributed by atoms with Crippen LogP contribution in [0.25, 0.3) is 0 Å². The molecular weight excluding hydrogens is 282 g/mol. The average molecular weight is 305 g/mol. The summed E-state index contributed by atoms with van der Waals surface area (Å²) in [6, 6.07) is 7.24. The van der Waals surface area contributed by atoms with Gasteiger partial charge in [-0.2, -0.15) is 5.10 Å². The number of nitrogens with one attached hydrogen (secondary N) is 2. The van der Waals surface area contributed by atoms with E-state index in [1.54, 1.807) is 19.2 Å². The SMILES string of the molecule is CCCC/C(C)=N\NC(=O)C(=O)NCc1ccc(OC)cc1. The van der Waals surface area contributed by atoms with Crippen molar-refractivity contribution in [3.8, 4) is 5.75 Å². The van der Waals surface area contributed by atoms with Crippen LogP contribution in [0, 0.1) is 0 Å². The van der Waals surface area contributed by atoms with Gasteiger partial charge in [0.25, 0.3) is 0 Å². The molecule has 1 aromatic carbocycles. The van der Waals surface area contributed by atoms with Crippen molar-refractivity contribution >= 4 is 17.5 Å². The Labute approximate surface area is 130 Å². The van der Waals surface area contributed by atoms with Gasteiger partial charge in [0.15, 0.2) is 0 Å². The number of ether oxygens (including phenoxy) is 1. The molecule has 0 fully saturated rings. The third kappa shape index (κ3) is 6.39. The number of methoxy groups -OCH3 is 1. The van der Waals surface area contributed by atoms with Crippen LogP contribution in [-0.4, -0.2) is 24.6 Å². The van der Waals surface area contributed by atoms with E-state index >= 15 is 0 Å². The lowest BCUT2D eigenvalue weighted by molar-refractivity contribution is -0.139. The van der Waals surface area contributed by atoms with Crippen molar-refractivity contribution in [1.82, 2.24) is 10.7 Å².